The molecule has 0 heterocycles. The quantitative estimate of drug-likeness (QED) is 0.0222. The van der Waals surface area contributed by atoms with Gasteiger partial charge in [0.25, 0.3) is 0 Å². The number of aliphatic hydroxyl groups excluding tert-OH is 1. The molecule has 102 heavy (non-hydrogen) atoms. The van der Waals surface area contributed by atoms with Crippen molar-refractivity contribution in [2.24, 2.45) is 17.8 Å². The predicted octanol–water partition coefficient (Wildman–Crippen LogP) is 24.9. The van der Waals surface area contributed by atoms with Crippen molar-refractivity contribution in [3.05, 3.63) is 0 Å². The highest BCUT2D eigenvalue weighted by atomic mass is 31.2. The number of phosphoric acid groups is 2. The Balaban J connectivity index is 5.27. The minimum absolute atomic E-state index is 0.106. The highest BCUT2D eigenvalue weighted by molar-refractivity contribution is 7.47. The summed E-state index contributed by atoms with van der Waals surface area (Å²) in [6.45, 7) is 12.0. The van der Waals surface area contributed by atoms with Crippen LogP contribution in [0, 0.1) is 17.8 Å². The predicted molar refractivity (Wildman–Crippen MR) is 418 cm³/mol. The van der Waals surface area contributed by atoms with Crippen LogP contribution in [-0.2, 0) is 65.4 Å². The van der Waals surface area contributed by atoms with Crippen molar-refractivity contribution in [2.75, 3.05) is 39.6 Å². The summed E-state index contributed by atoms with van der Waals surface area (Å²) in [5.74, 6) is 0.271. The van der Waals surface area contributed by atoms with Crippen LogP contribution in [0.15, 0.2) is 0 Å². The number of phosphoric ester groups is 2. The summed E-state index contributed by atoms with van der Waals surface area (Å²) in [7, 11) is -9.93. The van der Waals surface area contributed by atoms with Crippen LogP contribution in [0.1, 0.15) is 434 Å². The standard InChI is InChI=1S/C83H162O17P2/c1-8-11-12-13-14-15-16-17-18-19-20-21-22-27-30-36-45-52-59-66-82(87)99-78(70-93-80(85)64-57-50-43-35-29-26-24-23-25-28-33-40-47-54-61-74(4)5)72-97-101(89,90)95-68-77(84)69-96-102(91,92)98-73-79(71-94-81(86)65-58-51-44-39-38-42-49-56-63-76(7)10-3)100-83(88)67-60-53-46-37-32-31-34-41-48-55-62-75(6)9-2/h74-79,84H,8-73H2,1-7H3,(H,89,90)(H,91,92)/t75?,76?,77-,78-,79-/m1/s1. The molecule has 0 aliphatic rings. The Bertz CT molecular complexity index is 1980. The van der Waals surface area contributed by atoms with Crippen LogP contribution in [0.2, 0.25) is 0 Å². The van der Waals surface area contributed by atoms with Crippen molar-refractivity contribution < 1.29 is 80.2 Å². The molecule has 0 saturated heterocycles. The number of carbonyl (C=O) groups excluding carboxylic acids is 4. The Morgan fingerprint density at radius 3 is 0.745 bits per heavy atom. The Hall–Kier alpha value is -1.94. The van der Waals surface area contributed by atoms with Gasteiger partial charge in [0.2, 0.25) is 0 Å². The molecule has 3 N–H and O–H groups in total. The molecule has 0 saturated carbocycles. The number of unbranched alkanes of at least 4 members (excludes halogenated alkanes) is 47. The van der Waals surface area contributed by atoms with Gasteiger partial charge in [-0.3, -0.25) is 37.3 Å². The maximum Gasteiger partial charge on any atom is 0.472 e. The number of hydrogen-bond acceptors (Lipinski definition) is 15. The zero-order valence-electron chi connectivity index (χ0n) is 67.1. The van der Waals surface area contributed by atoms with Gasteiger partial charge in [0, 0.05) is 25.7 Å². The molecule has 0 aliphatic carbocycles. The normalized spacial score (nSPS) is 14.5. The number of aliphatic hydroxyl groups is 1. The second-order valence-corrected chi connectivity index (χ2v) is 33.7. The zero-order valence-corrected chi connectivity index (χ0v) is 68.9. The first-order valence-corrected chi connectivity index (χ1v) is 45.9. The molecular weight excluding hydrogens is 1330 g/mol. The fraction of sp³-hybridized carbons (Fsp3) is 0.952. The van der Waals surface area contributed by atoms with Gasteiger partial charge >= 0.3 is 39.5 Å². The SMILES string of the molecule is CCCCCCCCCCCCCCCCCCCCCC(=O)O[C@H](COC(=O)CCCCCCCCCCCCCCCCC(C)C)COP(=O)(O)OC[C@@H](O)COP(=O)(O)OC[C@@H](COC(=O)CCCCCCCCCCC(C)CC)OC(=O)CCCCCCCCCCCCC(C)CC. The smallest absolute Gasteiger partial charge is 0.462 e. The lowest BCUT2D eigenvalue weighted by atomic mass is 9.99. The average Bonchev–Trinajstić information content (AvgIpc) is 0.915. The van der Waals surface area contributed by atoms with Gasteiger partial charge in [-0.1, -0.05) is 382 Å². The number of rotatable bonds is 81. The molecule has 0 aliphatic heterocycles. The van der Waals surface area contributed by atoms with Crippen LogP contribution in [0.3, 0.4) is 0 Å². The summed E-state index contributed by atoms with van der Waals surface area (Å²) in [4.78, 5) is 73.1. The Labute approximate surface area is 626 Å². The number of esters is 4. The maximum atomic E-state index is 13.1. The van der Waals surface area contributed by atoms with Gasteiger partial charge in [0.15, 0.2) is 12.2 Å². The lowest BCUT2D eigenvalue weighted by Gasteiger charge is -2.21. The van der Waals surface area contributed by atoms with Crippen molar-refractivity contribution in [1.82, 2.24) is 0 Å². The number of carbonyl (C=O) groups is 4. The molecule has 17 nitrogen and oxygen atoms in total. The van der Waals surface area contributed by atoms with Gasteiger partial charge in [-0.25, -0.2) is 9.13 Å². The Kier molecular flexibility index (Phi) is 71.8. The van der Waals surface area contributed by atoms with Crippen LogP contribution >= 0.6 is 15.6 Å². The second kappa shape index (κ2) is 73.2. The summed E-state index contributed by atoms with van der Waals surface area (Å²) in [5, 5.41) is 10.7. The molecule has 0 fully saturated rings. The van der Waals surface area contributed by atoms with Crippen molar-refractivity contribution in [1.29, 1.82) is 0 Å². The van der Waals surface area contributed by atoms with Crippen molar-refractivity contribution >= 4 is 39.5 Å². The molecule has 0 amide bonds. The fourth-order valence-electron chi connectivity index (χ4n) is 12.8. The minimum Gasteiger partial charge on any atom is -0.462 e. The highest BCUT2D eigenvalue weighted by Gasteiger charge is 2.30. The molecule has 0 radical (unpaired) electrons. The molecule has 0 aromatic carbocycles. The molecule has 606 valence electrons. The van der Waals surface area contributed by atoms with E-state index in [-0.39, 0.29) is 25.7 Å². The molecule has 0 rings (SSSR count). The summed E-state index contributed by atoms with van der Waals surface area (Å²) in [6, 6.07) is 0. The van der Waals surface area contributed by atoms with E-state index < -0.39 is 97.5 Å². The van der Waals surface area contributed by atoms with Crippen LogP contribution in [0.25, 0.3) is 0 Å². The maximum absolute atomic E-state index is 13.1. The van der Waals surface area contributed by atoms with E-state index in [1.54, 1.807) is 0 Å². The molecule has 0 bridgehead atoms. The van der Waals surface area contributed by atoms with E-state index in [2.05, 4.69) is 48.5 Å². The summed E-state index contributed by atoms with van der Waals surface area (Å²) >= 11 is 0. The Morgan fingerprint density at radius 1 is 0.284 bits per heavy atom. The van der Waals surface area contributed by atoms with Crippen LogP contribution < -0.4 is 0 Å². The van der Waals surface area contributed by atoms with Crippen LogP contribution in [0.4, 0.5) is 0 Å². The van der Waals surface area contributed by atoms with Crippen molar-refractivity contribution in [3.63, 3.8) is 0 Å². The van der Waals surface area contributed by atoms with Crippen molar-refractivity contribution in [2.45, 2.75) is 452 Å². The molecule has 0 aromatic rings. The molecule has 19 heteroatoms. The largest absolute Gasteiger partial charge is 0.472 e. The molecule has 4 unspecified atom stereocenters. The summed E-state index contributed by atoms with van der Waals surface area (Å²) in [5.41, 5.74) is 0. The third-order valence-electron chi connectivity index (χ3n) is 20.1. The first-order chi connectivity index (χ1) is 49.3. The monoisotopic (exact) mass is 1490 g/mol. The van der Waals surface area contributed by atoms with Gasteiger partial charge < -0.3 is 33.8 Å². The first-order valence-electron chi connectivity index (χ1n) is 42.9. The summed E-state index contributed by atoms with van der Waals surface area (Å²) in [6.07, 6.45) is 62.3. The lowest BCUT2D eigenvalue weighted by molar-refractivity contribution is -0.161. The van der Waals surface area contributed by atoms with Crippen LogP contribution in [0.5, 0.6) is 0 Å². The van der Waals surface area contributed by atoms with E-state index in [0.29, 0.717) is 25.7 Å². The van der Waals surface area contributed by atoms with Gasteiger partial charge in [-0.15, -0.1) is 0 Å². The van der Waals surface area contributed by atoms with E-state index >= 15 is 0 Å². The number of ether oxygens (including phenoxy) is 4. The van der Waals surface area contributed by atoms with E-state index in [0.717, 1.165) is 108 Å². The van der Waals surface area contributed by atoms with E-state index in [9.17, 15) is 43.2 Å². The molecular formula is C83H162O17P2. The van der Waals surface area contributed by atoms with E-state index in [4.69, 9.17) is 37.0 Å². The highest BCUT2D eigenvalue weighted by Crippen LogP contribution is 2.45. The summed E-state index contributed by atoms with van der Waals surface area (Å²) < 4.78 is 68.8. The van der Waals surface area contributed by atoms with Crippen LogP contribution in [-0.4, -0.2) is 96.7 Å². The van der Waals surface area contributed by atoms with E-state index in [1.165, 1.54) is 244 Å². The van der Waals surface area contributed by atoms with Crippen molar-refractivity contribution in [3.8, 4) is 0 Å². The van der Waals surface area contributed by atoms with E-state index in [1.807, 2.05) is 0 Å². The third-order valence-corrected chi connectivity index (χ3v) is 22.0. The lowest BCUT2D eigenvalue weighted by Crippen LogP contribution is -2.30. The topological polar surface area (TPSA) is 237 Å². The molecule has 0 spiro atoms. The van der Waals surface area contributed by atoms with Gasteiger partial charge in [-0.05, 0) is 43.4 Å². The molecule has 7 atom stereocenters. The second-order valence-electron chi connectivity index (χ2n) is 30.8. The average molecular weight is 1490 g/mol. The van der Waals surface area contributed by atoms with Gasteiger partial charge in [0.05, 0.1) is 26.4 Å². The third kappa shape index (κ3) is 73.6. The minimum atomic E-state index is -4.96. The van der Waals surface area contributed by atoms with Gasteiger partial charge in [-0.2, -0.15) is 0 Å². The van der Waals surface area contributed by atoms with Gasteiger partial charge in [0.1, 0.15) is 19.3 Å². The number of hydrogen-bond donors (Lipinski definition) is 3. The zero-order chi connectivity index (χ0) is 75.1. The first kappa shape index (κ1) is 100. The Morgan fingerprint density at radius 2 is 0.500 bits per heavy atom. The fourth-order valence-corrected chi connectivity index (χ4v) is 14.4. The molecule has 0 aromatic heterocycles.